The first-order chi connectivity index (χ1) is 21.6. The first-order valence-corrected chi connectivity index (χ1v) is 14.3. The van der Waals surface area contributed by atoms with Gasteiger partial charge in [0.25, 0.3) is 5.56 Å². The number of benzene rings is 4. The fraction of sp³-hybridized carbons (Fsp3) is 0.176. The van der Waals surface area contributed by atoms with Gasteiger partial charge in [-0.3, -0.25) is 9.36 Å². The van der Waals surface area contributed by atoms with E-state index in [0.29, 0.717) is 46.8 Å². The zero-order valence-corrected chi connectivity index (χ0v) is 24.4. The van der Waals surface area contributed by atoms with Gasteiger partial charge in [0.05, 0.1) is 23.0 Å². The molecule has 0 fully saturated rings. The lowest BCUT2D eigenvalue weighted by molar-refractivity contribution is 0.0735. The van der Waals surface area contributed by atoms with E-state index in [1.807, 2.05) is 54.6 Å². The molecule has 0 N–H and O–H groups in total. The SMILES string of the molecule is CCCc1nc2ccc(OC(=O)c3ccccc3)cc2c(=O)n1Cc1ccc(-c2ccccc2-c2nnnn2COC)cc1. The van der Waals surface area contributed by atoms with E-state index in [1.54, 1.807) is 58.8 Å². The Bertz CT molecular complexity index is 1980. The summed E-state index contributed by atoms with van der Waals surface area (Å²) in [6.45, 7) is 2.64. The number of carbonyl (C=O) groups is 1. The van der Waals surface area contributed by atoms with Gasteiger partial charge in [-0.2, -0.15) is 4.68 Å². The third kappa shape index (κ3) is 5.88. The Morgan fingerprint density at radius 1 is 0.886 bits per heavy atom. The van der Waals surface area contributed by atoms with Crippen LogP contribution in [0, 0.1) is 0 Å². The molecule has 0 aliphatic heterocycles. The van der Waals surface area contributed by atoms with Gasteiger partial charge in [0.2, 0.25) is 0 Å². The number of nitrogens with zero attached hydrogens (tertiary/aromatic N) is 6. The highest BCUT2D eigenvalue weighted by atomic mass is 16.5. The van der Waals surface area contributed by atoms with E-state index in [-0.39, 0.29) is 12.3 Å². The summed E-state index contributed by atoms with van der Waals surface area (Å²) < 4.78 is 14.1. The van der Waals surface area contributed by atoms with E-state index in [9.17, 15) is 9.59 Å². The summed E-state index contributed by atoms with van der Waals surface area (Å²) >= 11 is 0. The second-order valence-electron chi connectivity index (χ2n) is 10.3. The van der Waals surface area contributed by atoms with Gasteiger partial charge in [-0.05, 0) is 63.9 Å². The quantitative estimate of drug-likeness (QED) is 0.152. The number of fused-ring (bicyclic) bond motifs is 1. The number of aryl methyl sites for hydroxylation is 1. The maximum atomic E-state index is 13.8. The van der Waals surface area contributed by atoms with Crippen LogP contribution < -0.4 is 10.3 Å². The molecule has 10 heteroatoms. The third-order valence-electron chi connectivity index (χ3n) is 7.26. The van der Waals surface area contributed by atoms with Crippen LogP contribution in [0.5, 0.6) is 5.75 Å². The van der Waals surface area contributed by atoms with Crippen LogP contribution in [0.2, 0.25) is 0 Å². The largest absolute Gasteiger partial charge is 0.423 e. The number of rotatable bonds is 10. The Labute approximate surface area is 253 Å². The van der Waals surface area contributed by atoms with Crippen molar-refractivity contribution in [2.24, 2.45) is 0 Å². The number of ether oxygens (including phenoxy) is 2. The number of methoxy groups -OCH3 is 1. The Hall–Kier alpha value is -5.48. The van der Waals surface area contributed by atoms with Crippen LogP contribution in [0.4, 0.5) is 0 Å². The molecule has 0 aliphatic rings. The number of hydrogen-bond acceptors (Lipinski definition) is 8. The molecule has 0 spiro atoms. The molecule has 2 aromatic heterocycles. The lowest BCUT2D eigenvalue weighted by Gasteiger charge is -2.15. The molecule has 2 heterocycles. The van der Waals surface area contributed by atoms with Gasteiger partial charge in [0.1, 0.15) is 18.3 Å². The summed E-state index contributed by atoms with van der Waals surface area (Å²) in [5.74, 6) is 1.12. The molecule has 220 valence electrons. The predicted molar refractivity (Wildman–Crippen MR) is 166 cm³/mol. The van der Waals surface area contributed by atoms with Gasteiger partial charge in [-0.15, -0.1) is 5.10 Å². The standard InChI is InChI=1S/C34H30N6O4/c1-3-9-31-35-30-19-18-26(44-34(42)25-10-5-4-6-11-25)20-29(30)33(41)39(31)21-23-14-16-24(17-15-23)27-12-7-8-13-28(27)32-36-37-38-40(32)22-43-2/h4-8,10-20H,3,9,21-22H2,1-2H3. The van der Waals surface area contributed by atoms with Gasteiger partial charge in [-0.25, -0.2) is 9.78 Å². The topological polar surface area (TPSA) is 114 Å². The maximum Gasteiger partial charge on any atom is 0.343 e. The van der Waals surface area contributed by atoms with Crippen molar-refractivity contribution in [2.75, 3.05) is 7.11 Å². The average molecular weight is 587 g/mol. The van der Waals surface area contributed by atoms with Gasteiger partial charge in [0, 0.05) is 19.1 Å². The summed E-state index contributed by atoms with van der Waals surface area (Å²) in [7, 11) is 1.60. The van der Waals surface area contributed by atoms with E-state index in [4.69, 9.17) is 14.5 Å². The van der Waals surface area contributed by atoms with E-state index >= 15 is 0 Å². The smallest absolute Gasteiger partial charge is 0.343 e. The number of esters is 1. The first kappa shape index (κ1) is 28.6. The van der Waals surface area contributed by atoms with Crippen LogP contribution in [-0.2, 0) is 24.4 Å². The Morgan fingerprint density at radius 3 is 2.39 bits per heavy atom. The minimum Gasteiger partial charge on any atom is -0.423 e. The normalized spacial score (nSPS) is 11.1. The zero-order valence-electron chi connectivity index (χ0n) is 24.4. The summed E-state index contributed by atoms with van der Waals surface area (Å²) in [6, 6.07) is 29.7. The van der Waals surface area contributed by atoms with E-state index in [2.05, 4.69) is 22.4 Å². The molecule has 6 aromatic rings. The molecule has 10 nitrogen and oxygen atoms in total. The third-order valence-corrected chi connectivity index (χ3v) is 7.26. The summed E-state index contributed by atoms with van der Waals surface area (Å²) in [5, 5.41) is 12.5. The van der Waals surface area contributed by atoms with E-state index in [0.717, 1.165) is 28.7 Å². The van der Waals surface area contributed by atoms with Crippen LogP contribution >= 0.6 is 0 Å². The molecule has 0 unspecified atom stereocenters. The van der Waals surface area contributed by atoms with Gasteiger partial charge in [0.15, 0.2) is 5.82 Å². The minimum atomic E-state index is -0.488. The number of aromatic nitrogens is 6. The summed E-state index contributed by atoms with van der Waals surface area (Å²) in [4.78, 5) is 31.3. The molecular weight excluding hydrogens is 556 g/mol. The predicted octanol–water partition coefficient (Wildman–Crippen LogP) is 5.54. The molecule has 0 radical (unpaired) electrons. The fourth-order valence-electron chi connectivity index (χ4n) is 5.14. The molecule has 0 saturated heterocycles. The van der Waals surface area contributed by atoms with Crippen molar-refractivity contribution >= 4 is 16.9 Å². The molecule has 0 atom stereocenters. The van der Waals surface area contributed by atoms with Gasteiger partial charge >= 0.3 is 5.97 Å². The monoisotopic (exact) mass is 586 g/mol. The fourth-order valence-corrected chi connectivity index (χ4v) is 5.14. The van der Waals surface area contributed by atoms with Gasteiger partial charge in [-0.1, -0.05) is 73.7 Å². The number of carbonyl (C=O) groups excluding carboxylic acids is 1. The lowest BCUT2D eigenvalue weighted by Crippen LogP contribution is -2.26. The van der Waals surface area contributed by atoms with Crippen molar-refractivity contribution < 1.29 is 14.3 Å². The molecule has 6 rings (SSSR count). The van der Waals surface area contributed by atoms with Crippen molar-refractivity contribution in [3.8, 4) is 28.3 Å². The van der Waals surface area contributed by atoms with Crippen LogP contribution in [0.3, 0.4) is 0 Å². The second kappa shape index (κ2) is 12.8. The molecule has 0 aliphatic carbocycles. The zero-order chi connectivity index (χ0) is 30.5. The van der Waals surface area contributed by atoms with E-state index < -0.39 is 5.97 Å². The van der Waals surface area contributed by atoms with Crippen molar-refractivity contribution in [1.82, 2.24) is 29.8 Å². The number of hydrogen-bond donors (Lipinski definition) is 0. The lowest BCUT2D eigenvalue weighted by atomic mass is 9.98. The number of tetrazole rings is 1. The van der Waals surface area contributed by atoms with Crippen molar-refractivity contribution in [3.05, 3.63) is 124 Å². The van der Waals surface area contributed by atoms with Crippen molar-refractivity contribution in [1.29, 1.82) is 0 Å². The molecule has 4 aromatic carbocycles. The summed E-state index contributed by atoms with van der Waals surface area (Å²) in [6.07, 6.45) is 1.49. The van der Waals surface area contributed by atoms with E-state index in [1.165, 1.54) is 0 Å². The van der Waals surface area contributed by atoms with Crippen molar-refractivity contribution in [3.63, 3.8) is 0 Å². The highest BCUT2D eigenvalue weighted by Crippen LogP contribution is 2.31. The Balaban J connectivity index is 1.31. The molecule has 0 saturated carbocycles. The second-order valence-corrected chi connectivity index (χ2v) is 10.3. The first-order valence-electron chi connectivity index (χ1n) is 14.3. The van der Waals surface area contributed by atoms with Crippen LogP contribution in [-0.4, -0.2) is 42.8 Å². The average Bonchev–Trinajstić information content (AvgIpc) is 3.52. The highest BCUT2D eigenvalue weighted by molar-refractivity contribution is 5.91. The summed E-state index contributed by atoms with van der Waals surface area (Å²) in [5.41, 5.74) is 4.60. The van der Waals surface area contributed by atoms with Gasteiger partial charge < -0.3 is 9.47 Å². The van der Waals surface area contributed by atoms with Crippen molar-refractivity contribution in [2.45, 2.75) is 33.0 Å². The molecule has 44 heavy (non-hydrogen) atoms. The molecule has 0 bridgehead atoms. The highest BCUT2D eigenvalue weighted by Gasteiger charge is 2.16. The Morgan fingerprint density at radius 2 is 1.64 bits per heavy atom. The Kier molecular flexibility index (Phi) is 8.33. The maximum absolute atomic E-state index is 13.8. The van der Waals surface area contributed by atoms with Crippen LogP contribution in [0.15, 0.2) is 102 Å². The van der Waals surface area contributed by atoms with Crippen LogP contribution in [0.25, 0.3) is 33.4 Å². The minimum absolute atomic E-state index is 0.185. The van der Waals surface area contributed by atoms with Crippen LogP contribution in [0.1, 0.15) is 35.1 Å². The molecular formula is C34H30N6O4. The molecule has 0 amide bonds.